The molecular formula is C15H24N2. The van der Waals surface area contributed by atoms with Crippen LogP contribution in [-0.2, 0) is 0 Å². The third kappa shape index (κ3) is 3.30. The minimum atomic E-state index is 0.178. The zero-order valence-corrected chi connectivity index (χ0v) is 11.0. The van der Waals surface area contributed by atoms with Crippen molar-refractivity contribution in [3.8, 4) is 0 Å². The fourth-order valence-corrected chi connectivity index (χ4v) is 2.35. The molecule has 1 aliphatic carbocycles. The lowest BCUT2D eigenvalue weighted by Crippen LogP contribution is -2.20. The second-order valence-electron chi connectivity index (χ2n) is 5.50. The molecule has 2 rings (SSSR count). The Bertz CT molecular complexity index is 356. The Labute approximate surface area is 105 Å². The standard InChI is InChI=1S/C15H24N2/c1-17(2)10-9-15(16)14-8-4-7-13(11-14)12-5-3-6-12/h4,7-8,11-12,15H,3,5-6,9-10,16H2,1-2H3. The number of rotatable bonds is 5. The highest BCUT2D eigenvalue weighted by atomic mass is 15.0. The molecule has 0 spiro atoms. The topological polar surface area (TPSA) is 29.3 Å². The molecule has 1 fully saturated rings. The van der Waals surface area contributed by atoms with Crippen molar-refractivity contribution in [3.05, 3.63) is 35.4 Å². The third-order valence-electron chi connectivity index (χ3n) is 3.80. The van der Waals surface area contributed by atoms with Gasteiger partial charge in [0.2, 0.25) is 0 Å². The quantitative estimate of drug-likeness (QED) is 0.846. The summed E-state index contributed by atoms with van der Waals surface area (Å²) in [6, 6.07) is 9.09. The molecule has 0 heterocycles. The average Bonchev–Trinajstić information content (AvgIpc) is 2.24. The Morgan fingerprint density at radius 1 is 1.35 bits per heavy atom. The molecule has 0 bridgehead atoms. The normalized spacial score (nSPS) is 18.1. The summed E-state index contributed by atoms with van der Waals surface area (Å²) in [5.74, 6) is 0.802. The van der Waals surface area contributed by atoms with Crippen molar-refractivity contribution in [2.24, 2.45) is 5.73 Å². The molecule has 1 atom stereocenters. The van der Waals surface area contributed by atoms with E-state index in [2.05, 4.69) is 43.3 Å². The zero-order valence-electron chi connectivity index (χ0n) is 11.0. The van der Waals surface area contributed by atoms with Crippen LogP contribution in [0.2, 0.25) is 0 Å². The number of nitrogens with zero attached hydrogens (tertiary/aromatic N) is 1. The van der Waals surface area contributed by atoms with Gasteiger partial charge in [0.25, 0.3) is 0 Å². The summed E-state index contributed by atoms with van der Waals surface area (Å²) >= 11 is 0. The second kappa shape index (κ2) is 5.65. The molecule has 0 radical (unpaired) electrons. The first-order valence-electron chi connectivity index (χ1n) is 6.67. The number of hydrogen-bond donors (Lipinski definition) is 1. The van der Waals surface area contributed by atoms with Crippen molar-refractivity contribution in [1.29, 1.82) is 0 Å². The number of benzene rings is 1. The van der Waals surface area contributed by atoms with Gasteiger partial charge < -0.3 is 10.6 Å². The first-order valence-corrected chi connectivity index (χ1v) is 6.67. The van der Waals surface area contributed by atoms with E-state index < -0.39 is 0 Å². The second-order valence-corrected chi connectivity index (χ2v) is 5.50. The van der Waals surface area contributed by atoms with E-state index >= 15 is 0 Å². The van der Waals surface area contributed by atoms with Gasteiger partial charge in [-0.15, -0.1) is 0 Å². The molecule has 0 aromatic heterocycles. The summed E-state index contributed by atoms with van der Waals surface area (Å²) in [5, 5.41) is 0. The monoisotopic (exact) mass is 232 g/mol. The van der Waals surface area contributed by atoms with Gasteiger partial charge in [-0.1, -0.05) is 30.7 Å². The Kier molecular flexibility index (Phi) is 4.19. The lowest BCUT2D eigenvalue weighted by atomic mass is 9.79. The molecule has 1 saturated carbocycles. The highest BCUT2D eigenvalue weighted by molar-refractivity contribution is 5.29. The maximum atomic E-state index is 6.25. The number of nitrogens with two attached hydrogens (primary N) is 1. The van der Waals surface area contributed by atoms with Gasteiger partial charge in [-0.25, -0.2) is 0 Å². The van der Waals surface area contributed by atoms with E-state index in [9.17, 15) is 0 Å². The van der Waals surface area contributed by atoms with Crippen molar-refractivity contribution in [2.75, 3.05) is 20.6 Å². The van der Waals surface area contributed by atoms with Crippen LogP contribution in [-0.4, -0.2) is 25.5 Å². The zero-order chi connectivity index (χ0) is 12.3. The lowest BCUT2D eigenvalue weighted by Gasteiger charge is -2.26. The fourth-order valence-electron chi connectivity index (χ4n) is 2.35. The Morgan fingerprint density at radius 3 is 2.71 bits per heavy atom. The first kappa shape index (κ1) is 12.6. The minimum Gasteiger partial charge on any atom is -0.324 e. The predicted molar refractivity (Wildman–Crippen MR) is 73.1 cm³/mol. The van der Waals surface area contributed by atoms with Crippen molar-refractivity contribution in [1.82, 2.24) is 4.90 Å². The highest BCUT2D eigenvalue weighted by Gasteiger charge is 2.20. The molecular weight excluding hydrogens is 208 g/mol. The van der Waals surface area contributed by atoms with Gasteiger partial charge in [-0.05, 0) is 56.9 Å². The summed E-state index contributed by atoms with van der Waals surface area (Å²) in [6.45, 7) is 1.05. The van der Waals surface area contributed by atoms with E-state index in [-0.39, 0.29) is 6.04 Å². The van der Waals surface area contributed by atoms with Crippen LogP contribution in [0.1, 0.15) is 48.8 Å². The molecule has 1 aliphatic rings. The minimum absolute atomic E-state index is 0.178. The van der Waals surface area contributed by atoms with Gasteiger partial charge in [-0.2, -0.15) is 0 Å². The Morgan fingerprint density at radius 2 is 2.12 bits per heavy atom. The average molecular weight is 232 g/mol. The molecule has 2 N–H and O–H groups in total. The van der Waals surface area contributed by atoms with E-state index in [0.29, 0.717) is 0 Å². The summed E-state index contributed by atoms with van der Waals surface area (Å²) in [6.07, 6.45) is 5.13. The molecule has 17 heavy (non-hydrogen) atoms. The molecule has 94 valence electrons. The molecule has 2 nitrogen and oxygen atoms in total. The van der Waals surface area contributed by atoms with Gasteiger partial charge >= 0.3 is 0 Å². The molecule has 1 unspecified atom stereocenters. The van der Waals surface area contributed by atoms with Gasteiger partial charge in [-0.3, -0.25) is 0 Å². The third-order valence-corrected chi connectivity index (χ3v) is 3.80. The van der Waals surface area contributed by atoms with Crippen LogP contribution in [0.25, 0.3) is 0 Å². The first-order chi connectivity index (χ1) is 8.16. The van der Waals surface area contributed by atoms with Crippen LogP contribution in [0.15, 0.2) is 24.3 Å². The van der Waals surface area contributed by atoms with E-state index in [0.717, 1.165) is 18.9 Å². The highest BCUT2D eigenvalue weighted by Crippen LogP contribution is 2.36. The predicted octanol–water partition coefficient (Wildman–Crippen LogP) is 2.91. The van der Waals surface area contributed by atoms with Gasteiger partial charge in [0.15, 0.2) is 0 Å². The van der Waals surface area contributed by atoms with E-state index in [4.69, 9.17) is 5.73 Å². The summed E-state index contributed by atoms with van der Waals surface area (Å²) in [5.41, 5.74) is 9.04. The maximum Gasteiger partial charge on any atom is 0.0307 e. The largest absolute Gasteiger partial charge is 0.324 e. The number of hydrogen-bond acceptors (Lipinski definition) is 2. The lowest BCUT2D eigenvalue weighted by molar-refractivity contribution is 0.382. The van der Waals surface area contributed by atoms with Gasteiger partial charge in [0.1, 0.15) is 0 Å². The maximum absolute atomic E-state index is 6.25. The van der Waals surface area contributed by atoms with Crippen molar-refractivity contribution >= 4 is 0 Å². The summed E-state index contributed by atoms with van der Waals surface area (Å²) in [4.78, 5) is 2.19. The van der Waals surface area contributed by atoms with Crippen LogP contribution < -0.4 is 5.73 Å². The molecule has 0 amide bonds. The van der Waals surface area contributed by atoms with E-state index in [1.165, 1.54) is 30.4 Å². The summed E-state index contributed by atoms with van der Waals surface area (Å²) in [7, 11) is 4.19. The summed E-state index contributed by atoms with van der Waals surface area (Å²) < 4.78 is 0. The van der Waals surface area contributed by atoms with Crippen molar-refractivity contribution in [3.63, 3.8) is 0 Å². The Balaban J connectivity index is 1.99. The molecule has 2 heteroatoms. The SMILES string of the molecule is CN(C)CCC(N)c1cccc(C2CCC2)c1. The van der Waals surface area contributed by atoms with Crippen LogP contribution in [0.3, 0.4) is 0 Å². The molecule has 1 aromatic rings. The van der Waals surface area contributed by atoms with Crippen LogP contribution in [0.5, 0.6) is 0 Å². The van der Waals surface area contributed by atoms with Crippen LogP contribution in [0.4, 0.5) is 0 Å². The van der Waals surface area contributed by atoms with Crippen molar-refractivity contribution < 1.29 is 0 Å². The van der Waals surface area contributed by atoms with E-state index in [1.807, 2.05) is 0 Å². The van der Waals surface area contributed by atoms with Crippen LogP contribution in [0, 0.1) is 0 Å². The van der Waals surface area contributed by atoms with Crippen molar-refractivity contribution in [2.45, 2.75) is 37.6 Å². The van der Waals surface area contributed by atoms with Gasteiger partial charge in [0, 0.05) is 6.04 Å². The molecule has 0 aliphatic heterocycles. The smallest absolute Gasteiger partial charge is 0.0307 e. The van der Waals surface area contributed by atoms with Crippen LogP contribution >= 0.6 is 0 Å². The fraction of sp³-hybridized carbons (Fsp3) is 0.600. The van der Waals surface area contributed by atoms with E-state index in [1.54, 1.807) is 0 Å². The van der Waals surface area contributed by atoms with Gasteiger partial charge in [0.05, 0.1) is 0 Å². The molecule has 0 saturated heterocycles. The molecule has 1 aromatic carbocycles. The Hall–Kier alpha value is -0.860.